The van der Waals surface area contributed by atoms with E-state index in [0.29, 0.717) is 0 Å². The molecule has 2 N–H and O–H groups in total. The van der Waals surface area contributed by atoms with Crippen LogP contribution in [-0.4, -0.2) is 13.0 Å². The molecule has 0 radical (unpaired) electrons. The molecule has 0 fully saturated rings. The van der Waals surface area contributed by atoms with Gasteiger partial charge in [0.2, 0.25) is 0 Å². The summed E-state index contributed by atoms with van der Waals surface area (Å²) in [6.07, 6.45) is 0. The van der Waals surface area contributed by atoms with Crippen LogP contribution >= 0.6 is 27.3 Å². The Balaban J connectivity index is 1.83. The summed E-state index contributed by atoms with van der Waals surface area (Å²) < 4.78 is 1.09. The van der Waals surface area contributed by atoms with Crippen LogP contribution in [0, 0.1) is 0 Å². The monoisotopic (exact) mass is 337 g/mol. The predicted octanol–water partition coefficient (Wildman–Crippen LogP) is 3.38. The fourth-order valence-electron chi connectivity index (χ4n) is 1.63. The van der Waals surface area contributed by atoms with Gasteiger partial charge in [0.15, 0.2) is 5.96 Å². The molecule has 1 aromatic carbocycles. The summed E-state index contributed by atoms with van der Waals surface area (Å²) in [5, 5.41) is 10.8. The van der Waals surface area contributed by atoms with Gasteiger partial charge >= 0.3 is 0 Å². The fraction of sp³-hybridized carbons (Fsp3) is 0.214. The van der Waals surface area contributed by atoms with Crippen molar-refractivity contribution in [2.24, 2.45) is 4.99 Å². The Kier molecular flexibility index (Phi) is 5.42. The minimum Gasteiger partial charge on any atom is -0.352 e. The number of guanidine groups is 1. The summed E-state index contributed by atoms with van der Waals surface area (Å²) in [5.41, 5.74) is 2.49. The quantitative estimate of drug-likeness (QED) is 0.662. The van der Waals surface area contributed by atoms with E-state index >= 15 is 0 Å². The normalized spacial score (nSPS) is 11.4. The first-order chi connectivity index (χ1) is 9.28. The van der Waals surface area contributed by atoms with E-state index in [1.165, 1.54) is 11.1 Å². The maximum absolute atomic E-state index is 4.21. The standard InChI is InChI=1S/C14H16BrN3S/c1-16-14(18-9-12-5-6-19-10-12)17-8-11-3-2-4-13(15)7-11/h2-7,10H,8-9H2,1H3,(H2,16,17,18). The highest BCUT2D eigenvalue weighted by molar-refractivity contribution is 9.10. The van der Waals surface area contributed by atoms with Crippen molar-refractivity contribution in [1.29, 1.82) is 0 Å². The molecule has 0 aliphatic heterocycles. The molecule has 5 heteroatoms. The van der Waals surface area contributed by atoms with Crippen molar-refractivity contribution >= 4 is 33.2 Å². The molecule has 1 aromatic heterocycles. The van der Waals surface area contributed by atoms with Gasteiger partial charge in [-0.05, 0) is 40.1 Å². The third-order valence-corrected chi connectivity index (χ3v) is 3.84. The molecule has 100 valence electrons. The van der Waals surface area contributed by atoms with Gasteiger partial charge < -0.3 is 10.6 Å². The van der Waals surface area contributed by atoms with Gasteiger partial charge in [-0.3, -0.25) is 4.99 Å². The van der Waals surface area contributed by atoms with Gasteiger partial charge in [0.25, 0.3) is 0 Å². The van der Waals surface area contributed by atoms with E-state index in [1.807, 2.05) is 12.1 Å². The number of rotatable bonds is 4. The van der Waals surface area contributed by atoms with E-state index in [0.717, 1.165) is 23.5 Å². The first-order valence-electron chi connectivity index (χ1n) is 5.98. The largest absolute Gasteiger partial charge is 0.352 e. The molecule has 2 aromatic rings. The van der Waals surface area contributed by atoms with Gasteiger partial charge in [-0.15, -0.1) is 0 Å². The first kappa shape index (κ1) is 14.1. The summed E-state index contributed by atoms with van der Waals surface area (Å²) >= 11 is 5.18. The zero-order valence-corrected chi connectivity index (χ0v) is 13.1. The van der Waals surface area contributed by atoms with Crippen molar-refractivity contribution < 1.29 is 0 Å². The van der Waals surface area contributed by atoms with Gasteiger partial charge in [0.05, 0.1) is 0 Å². The van der Waals surface area contributed by atoms with Crippen LogP contribution in [0.2, 0.25) is 0 Å². The van der Waals surface area contributed by atoms with Crippen molar-refractivity contribution in [2.75, 3.05) is 7.05 Å². The van der Waals surface area contributed by atoms with Crippen LogP contribution < -0.4 is 10.6 Å². The molecular weight excluding hydrogens is 322 g/mol. The van der Waals surface area contributed by atoms with E-state index in [4.69, 9.17) is 0 Å². The molecule has 0 atom stereocenters. The summed E-state index contributed by atoms with van der Waals surface area (Å²) in [6, 6.07) is 10.3. The van der Waals surface area contributed by atoms with Crippen LogP contribution in [0.1, 0.15) is 11.1 Å². The molecule has 0 amide bonds. The average molecular weight is 338 g/mol. The molecule has 0 bridgehead atoms. The lowest BCUT2D eigenvalue weighted by atomic mass is 10.2. The lowest BCUT2D eigenvalue weighted by molar-refractivity contribution is 0.810. The van der Waals surface area contributed by atoms with E-state index in [1.54, 1.807) is 18.4 Å². The highest BCUT2D eigenvalue weighted by Gasteiger charge is 1.99. The molecule has 3 nitrogen and oxygen atoms in total. The zero-order chi connectivity index (χ0) is 13.5. The van der Waals surface area contributed by atoms with Crippen LogP contribution in [-0.2, 0) is 13.1 Å². The molecule has 2 rings (SSSR count). The van der Waals surface area contributed by atoms with Gasteiger partial charge in [0.1, 0.15) is 0 Å². The van der Waals surface area contributed by atoms with Gasteiger partial charge in [0, 0.05) is 24.6 Å². The third kappa shape index (κ3) is 4.69. The van der Waals surface area contributed by atoms with Gasteiger partial charge in [-0.25, -0.2) is 0 Å². The number of hydrogen-bond donors (Lipinski definition) is 2. The maximum Gasteiger partial charge on any atom is 0.191 e. The average Bonchev–Trinajstić information content (AvgIpc) is 2.92. The van der Waals surface area contributed by atoms with Gasteiger partial charge in [-0.1, -0.05) is 28.1 Å². The van der Waals surface area contributed by atoms with Crippen molar-refractivity contribution in [3.05, 3.63) is 56.7 Å². The Morgan fingerprint density at radius 1 is 1.21 bits per heavy atom. The Morgan fingerprint density at radius 2 is 2.00 bits per heavy atom. The summed E-state index contributed by atoms with van der Waals surface area (Å²) in [5.74, 6) is 0.811. The smallest absolute Gasteiger partial charge is 0.191 e. The van der Waals surface area contributed by atoms with E-state index < -0.39 is 0 Å². The predicted molar refractivity (Wildman–Crippen MR) is 85.5 cm³/mol. The lowest BCUT2D eigenvalue weighted by Crippen LogP contribution is -2.36. The Morgan fingerprint density at radius 3 is 2.63 bits per heavy atom. The number of aliphatic imine (C=N–C) groups is 1. The lowest BCUT2D eigenvalue weighted by Gasteiger charge is -2.11. The molecule has 0 saturated heterocycles. The molecule has 0 saturated carbocycles. The number of nitrogens with one attached hydrogen (secondary N) is 2. The Bertz CT molecular complexity index is 537. The van der Waals surface area contributed by atoms with Crippen molar-refractivity contribution in [3.63, 3.8) is 0 Å². The number of halogens is 1. The number of nitrogens with zero attached hydrogens (tertiary/aromatic N) is 1. The maximum atomic E-state index is 4.21. The van der Waals surface area contributed by atoms with Crippen LogP contribution in [0.5, 0.6) is 0 Å². The molecule has 0 aliphatic rings. The minimum atomic E-state index is 0.753. The van der Waals surface area contributed by atoms with Crippen LogP contribution in [0.3, 0.4) is 0 Å². The highest BCUT2D eigenvalue weighted by atomic mass is 79.9. The summed E-state index contributed by atoms with van der Waals surface area (Å²) in [4.78, 5) is 4.21. The van der Waals surface area contributed by atoms with E-state index in [-0.39, 0.29) is 0 Å². The van der Waals surface area contributed by atoms with Crippen LogP contribution in [0.15, 0.2) is 50.6 Å². The van der Waals surface area contributed by atoms with Crippen molar-refractivity contribution in [3.8, 4) is 0 Å². The second-order valence-electron chi connectivity index (χ2n) is 4.04. The van der Waals surface area contributed by atoms with Crippen LogP contribution in [0.25, 0.3) is 0 Å². The Hall–Kier alpha value is -1.33. The SMILES string of the molecule is CN=C(NCc1ccsc1)NCc1cccc(Br)c1. The fourth-order valence-corrected chi connectivity index (χ4v) is 2.75. The molecular formula is C14H16BrN3S. The van der Waals surface area contributed by atoms with E-state index in [9.17, 15) is 0 Å². The van der Waals surface area contributed by atoms with Crippen molar-refractivity contribution in [2.45, 2.75) is 13.1 Å². The topological polar surface area (TPSA) is 36.4 Å². The number of thiophene rings is 1. The molecule has 0 spiro atoms. The van der Waals surface area contributed by atoms with Crippen molar-refractivity contribution in [1.82, 2.24) is 10.6 Å². The Labute approximate surface area is 125 Å². The van der Waals surface area contributed by atoms with E-state index in [2.05, 4.69) is 60.5 Å². The summed E-state index contributed by atoms with van der Waals surface area (Å²) in [7, 11) is 1.78. The zero-order valence-electron chi connectivity index (χ0n) is 10.7. The molecule has 19 heavy (non-hydrogen) atoms. The highest BCUT2D eigenvalue weighted by Crippen LogP contribution is 2.11. The minimum absolute atomic E-state index is 0.753. The first-order valence-corrected chi connectivity index (χ1v) is 7.71. The molecule has 0 unspecified atom stereocenters. The number of benzene rings is 1. The molecule has 1 heterocycles. The third-order valence-electron chi connectivity index (χ3n) is 2.61. The summed E-state index contributed by atoms with van der Waals surface area (Å²) in [6.45, 7) is 1.55. The van der Waals surface area contributed by atoms with Crippen LogP contribution in [0.4, 0.5) is 0 Å². The van der Waals surface area contributed by atoms with Gasteiger partial charge in [-0.2, -0.15) is 11.3 Å². The second kappa shape index (κ2) is 7.31. The molecule has 0 aliphatic carbocycles. The number of hydrogen-bond acceptors (Lipinski definition) is 2. The second-order valence-corrected chi connectivity index (χ2v) is 5.74.